The van der Waals surface area contributed by atoms with E-state index < -0.39 is 0 Å². The maximum Gasteiger partial charge on any atom is 0.169 e. The summed E-state index contributed by atoms with van der Waals surface area (Å²) in [6, 6.07) is 20.1. The zero-order valence-electron chi connectivity index (χ0n) is 12.0. The van der Waals surface area contributed by atoms with Crippen molar-refractivity contribution in [3.8, 4) is 22.5 Å². The van der Waals surface area contributed by atoms with Crippen LogP contribution in [-0.4, -0.2) is 14.6 Å². The van der Waals surface area contributed by atoms with Gasteiger partial charge < -0.3 is 0 Å². The molecule has 2 heterocycles. The number of hydrogen-bond acceptors (Lipinski definition) is 3. The Hall–Kier alpha value is -2.11. The van der Waals surface area contributed by atoms with Crippen LogP contribution in [0, 0.1) is 0 Å². The highest BCUT2D eigenvalue weighted by Gasteiger charge is 2.13. The van der Waals surface area contributed by atoms with Gasteiger partial charge in [-0.3, -0.25) is 0 Å². The first-order chi connectivity index (χ1) is 11.2. The van der Waals surface area contributed by atoms with Gasteiger partial charge in [0, 0.05) is 21.8 Å². The maximum atomic E-state index is 4.72. The largest absolute Gasteiger partial charge is 0.227 e. The fourth-order valence-electron chi connectivity index (χ4n) is 2.49. The van der Waals surface area contributed by atoms with Crippen LogP contribution in [0.15, 0.2) is 76.2 Å². The molecule has 0 fully saturated rings. The molecule has 0 spiro atoms. The third-order valence-corrected chi connectivity index (χ3v) is 4.59. The molecule has 5 heteroatoms. The highest BCUT2D eigenvalue weighted by atomic mass is 79.9. The Morgan fingerprint density at radius 2 is 1.61 bits per heavy atom. The average molecular weight is 382 g/mol. The van der Waals surface area contributed by atoms with Gasteiger partial charge in [-0.25, -0.2) is 9.50 Å². The molecular formula is C18H12BrN3S. The molecule has 0 bridgehead atoms. The summed E-state index contributed by atoms with van der Waals surface area (Å²) in [5.74, 6) is 0. The molecule has 0 aliphatic carbocycles. The van der Waals surface area contributed by atoms with Gasteiger partial charge in [0.15, 0.2) is 5.65 Å². The summed E-state index contributed by atoms with van der Waals surface area (Å²) in [6.45, 7) is 0. The van der Waals surface area contributed by atoms with E-state index in [0.29, 0.717) is 0 Å². The second kappa shape index (κ2) is 5.83. The van der Waals surface area contributed by atoms with Crippen molar-refractivity contribution in [3.05, 3.63) is 71.3 Å². The Morgan fingerprint density at radius 3 is 2.35 bits per heavy atom. The zero-order chi connectivity index (χ0) is 15.8. The number of aromatic nitrogens is 3. The van der Waals surface area contributed by atoms with Crippen molar-refractivity contribution in [2.24, 2.45) is 0 Å². The molecule has 0 aliphatic rings. The normalized spacial score (nSPS) is 11.0. The minimum Gasteiger partial charge on any atom is -0.227 e. The average Bonchev–Trinajstić information content (AvgIpc) is 2.93. The lowest BCUT2D eigenvalue weighted by molar-refractivity contribution is 0.944. The van der Waals surface area contributed by atoms with Gasteiger partial charge in [0.1, 0.15) is 5.69 Å². The number of halogens is 1. The Labute approximate surface area is 147 Å². The zero-order valence-corrected chi connectivity index (χ0v) is 14.5. The van der Waals surface area contributed by atoms with Crippen molar-refractivity contribution in [3.63, 3.8) is 0 Å². The quantitative estimate of drug-likeness (QED) is 0.488. The summed E-state index contributed by atoms with van der Waals surface area (Å²) in [5, 5.41) is 4.61. The van der Waals surface area contributed by atoms with Crippen LogP contribution in [0.1, 0.15) is 0 Å². The fourth-order valence-corrected chi connectivity index (χ4v) is 3.08. The van der Waals surface area contributed by atoms with E-state index >= 15 is 0 Å². The smallest absolute Gasteiger partial charge is 0.169 e. The first-order valence-electron chi connectivity index (χ1n) is 7.12. The lowest BCUT2D eigenvalue weighted by atomic mass is 10.1. The van der Waals surface area contributed by atoms with Crippen LogP contribution >= 0.6 is 28.6 Å². The summed E-state index contributed by atoms with van der Waals surface area (Å²) >= 11 is 8.10. The number of rotatable bonds is 2. The molecule has 0 amide bonds. The van der Waals surface area contributed by atoms with Crippen LogP contribution < -0.4 is 0 Å². The summed E-state index contributed by atoms with van der Waals surface area (Å²) in [7, 11) is 0. The van der Waals surface area contributed by atoms with Crippen molar-refractivity contribution in [2.45, 2.75) is 4.90 Å². The molecule has 3 nitrogen and oxygen atoms in total. The van der Waals surface area contributed by atoms with Gasteiger partial charge in [0.2, 0.25) is 0 Å². The highest BCUT2D eigenvalue weighted by Crippen LogP contribution is 2.30. The van der Waals surface area contributed by atoms with Crippen molar-refractivity contribution in [1.29, 1.82) is 0 Å². The number of hydrogen-bond donors (Lipinski definition) is 1. The third-order valence-electron chi connectivity index (χ3n) is 3.65. The van der Waals surface area contributed by atoms with Gasteiger partial charge in [-0.05, 0) is 18.2 Å². The topological polar surface area (TPSA) is 30.2 Å². The summed E-state index contributed by atoms with van der Waals surface area (Å²) in [6.07, 6.45) is 1.92. The van der Waals surface area contributed by atoms with Crippen molar-refractivity contribution in [1.82, 2.24) is 14.6 Å². The highest BCUT2D eigenvalue weighted by molar-refractivity contribution is 9.10. The molecule has 0 unspecified atom stereocenters. The lowest BCUT2D eigenvalue weighted by Gasteiger charge is -2.01. The SMILES string of the molecule is Sc1c(-c2ccc(Br)cc2)nn2ccc(-c3ccccc3)nc12. The molecule has 0 saturated carbocycles. The number of benzene rings is 2. The Morgan fingerprint density at radius 1 is 0.870 bits per heavy atom. The van der Waals surface area contributed by atoms with Crippen LogP contribution in [0.5, 0.6) is 0 Å². The predicted octanol–water partition coefficient (Wildman–Crippen LogP) is 5.11. The van der Waals surface area contributed by atoms with Crippen molar-refractivity contribution >= 4 is 34.2 Å². The van der Waals surface area contributed by atoms with Gasteiger partial charge in [-0.15, -0.1) is 12.6 Å². The van der Waals surface area contributed by atoms with E-state index in [-0.39, 0.29) is 0 Å². The molecule has 2 aromatic carbocycles. The van der Waals surface area contributed by atoms with E-state index in [4.69, 9.17) is 4.98 Å². The number of thiol groups is 1. The van der Waals surface area contributed by atoms with Gasteiger partial charge in [0.25, 0.3) is 0 Å². The van der Waals surface area contributed by atoms with Crippen LogP contribution in [0.4, 0.5) is 0 Å². The van der Waals surface area contributed by atoms with Gasteiger partial charge in [-0.2, -0.15) is 5.10 Å². The van der Waals surface area contributed by atoms with E-state index in [9.17, 15) is 0 Å². The van der Waals surface area contributed by atoms with Gasteiger partial charge >= 0.3 is 0 Å². The molecule has 0 atom stereocenters. The first-order valence-corrected chi connectivity index (χ1v) is 8.36. The molecule has 0 N–H and O–H groups in total. The van der Waals surface area contributed by atoms with Gasteiger partial charge in [-0.1, -0.05) is 58.4 Å². The predicted molar refractivity (Wildman–Crippen MR) is 98.8 cm³/mol. The molecule has 4 aromatic rings. The fraction of sp³-hybridized carbons (Fsp3) is 0. The monoisotopic (exact) mass is 381 g/mol. The van der Waals surface area contributed by atoms with Crippen LogP contribution in [-0.2, 0) is 0 Å². The number of fused-ring (bicyclic) bond motifs is 1. The summed E-state index contributed by atoms with van der Waals surface area (Å²) in [5.41, 5.74) is 4.60. The molecule has 2 aromatic heterocycles. The van der Waals surface area contributed by atoms with E-state index in [2.05, 4.69) is 33.7 Å². The minimum atomic E-state index is 0.757. The molecule has 4 rings (SSSR count). The molecule has 0 radical (unpaired) electrons. The molecule has 112 valence electrons. The van der Waals surface area contributed by atoms with Crippen molar-refractivity contribution in [2.75, 3.05) is 0 Å². The third kappa shape index (κ3) is 2.66. The lowest BCUT2D eigenvalue weighted by Crippen LogP contribution is -1.91. The molecule has 0 saturated heterocycles. The Kier molecular flexibility index (Phi) is 3.67. The molecule has 23 heavy (non-hydrogen) atoms. The van der Waals surface area contributed by atoms with E-state index in [1.165, 1.54) is 0 Å². The van der Waals surface area contributed by atoms with Crippen LogP contribution in [0.2, 0.25) is 0 Å². The van der Waals surface area contributed by atoms with E-state index in [1.54, 1.807) is 4.52 Å². The van der Waals surface area contributed by atoms with E-state index in [1.807, 2.05) is 66.9 Å². The Balaban J connectivity index is 1.87. The second-order valence-electron chi connectivity index (χ2n) is 5.15. The number of nitrogens with zero attached hydrogens (tertiary/aromatic N) is 3. The van der Waals surface area contributed by atoms with E-state index in [0.717, 1.165) is 37.5 Å². The first kappa shape index (κ1) is 14.5. The van der Waals surface area contributed by atoms with Gasteiger partial charge in [0.05, 0.1) is 10.6 Å². The van der Waals surface area contributed by atoms with Crippen LogP contribution in [0.3, 0.4) is 0 Å². The minimum absolute atomic E-state index is 0.757. The summed E-state index contributed by atoms with van der Waals surface area (Å²) in [4.78, 5) is 5.51. The standard InChI is InChI=1S/C18H12BrN3S/c19-14-8-6-13(7-9-14)16-17(23)18-20-15(10-11-22(18)21-16)12-4-2-1-3-5-12/h1-11,23H. The van der Waals surface area contributed by atoms with Crippen molar-refractivity contribution < 1.29 is 0 Å². The molecular weight excluding hydrogens is 370 g/mol. The second-order valence-corrected chi connectivity index (χ2v) is 6.51. The Bertz CT molecular complexity index is 979. The molecule has 0 aliphatic heterocycles. The summed E-state index contributed by atoms with van der Waals surface area (Å²) < 4.78 is 2.81. The van der Waals surface area contributed by atoms with Crippen LogP contribution in [0.25, 0.3) is 28.2 Å². The maximum absolute atomic E-state index is 4.72.